The molecule has 0 saturated heterocycles. The Balaban J connectivity index is 1.66. The molecule has 1 amide bonds. The molecule has 0 bridgehead atoms. The zero-order chi connectivity index (χ0) is 18.8. The third kappa shape index (κ3) is 3.36. The maximum absolute atomic E-state index is 14.2. The second-order valence-electron chi connectivity index (χ2n) is 6.88. The average molecular weight is 365 g/mol. The number of carbonyl (C=O) groups excluding carboxylic acids is 1. The minimum absolute atomic E-state index is 0.228. The van der Waals surface area contributed by atoms with E-state index in [1.165, 1.54) is 6.07 Å². The number of aromatic nitrogens is 2. The number of benzene rings is 2. The van der Waals surface area contributed by atoms with Crippen molar-refractivity contribution < 1.29 is 14.4 Å². The van der Waals surface area contributed by atoms with Gasteiger partial charge in [-0.05, 0) is 29.2 Å². The molecule has 5 nitrogen and oxygen atoms in total. The highest BCUT2D eigenvalue weighted by Crippen LogP contribution is 2.40. The minimum Gasteiger partial charge on any atom is -0.289 e. The van der Waals surface area contributed by atoms with E-state index in [2.05, 4.69) is 5.10 Å². The first-order valence-electron chi connectivity index (χ1n) is 8.93. The van der Waals surface area contributed by atoms with E-state index in [9.17, 15) is 9.18 Å². The summed E-state index contributed by atoms with van der Waals surface area (Å²) in [4.78, 5) is 12.3. The van der Waals surface area contributed by atoms with Crippen LogP contribution in [0.15, 0.2) is 60.8 Å². The number of nitrogens with zero attached hydrogens (tertiary/aromatic N) is 2. The quantitative estimate of drug-likeness (QED) is 0.539. The molecule has 0 aliphatic heterocycles. The summed E-state index contributed by atoms with van der Waals surface area (Å²) in [6, 6.07) is 16.5. The molecule has 1 aromatic heterocycles. The van der Waals surface area contributed by atoms with Gasteiger partial charge in [-0.25, -0.2) is 9.87 Å². The fraction of sp³-hybridized carbons (Fsp3) is 0.238. The highest BCUT2D eigenvalue weighted by molar-refractivity contribution is 5.80. The fourth-order valence-corrected chi connectivity index (χ4v) is 3.93. The summed E-state index contributed by atoms with van der Waals surface area (Å²) in [5, 5.41) is 13.7. The lowest BCUT2D eigenvalue weighted by atomic mass is 9.86. The molecule has 1 heterocycles. The van der Waals surface area contributed by atoms with E-state index in [1.807, 2.05) is 35.0 Å². The van der Waals surface area contributed by atoms with Crippen molar-refractivity contribution in [3.05, 3.63) is 89.0 Å². The number of amides is 1. The summed E-state index contributed by atoms with van der Waals surface area (Å²) in [5.74, 6) is -1.41. The number of carbonyl (C=O) groups is 1. The molecule has 0 saturated carbocycles. The summed E-state index contributed by atoms with van der Waals surface area (Å²) < 4.78 is 16.0. The number of fused-ring (bicyclic) bond motifs is 1. The van der Waals surface area contributed by atoms with Crippen molar-refractivity contribution in [2.45, 2.75) is 25.3 Å². The van der Waals surface area contributed by atoms with Gasteiger partial charge in [0.15, 0.2) is 0 Å². The number of hydrogen-bond donors (Lipinski definition) is 2. The van der Waals surface area contributed by atoms with Crippen LogP contribution in [0.25, 0.3) is 0 Å². The Hall–Kier alpha value is -2.99. The molecule has 2 aromatic carbocycles. The molecule has 1 unspecified atom stereocenters. The molecule has 27 heavy (non-hydrogen) atoms. The lowest BCUT2D eigenvalue weighted by molar-refractivity contribution is -0.133. The van der Waals surface area contributed by atoms with E-state index in [-0.39, 0.29) is 11.7 Å². The molecule has 2 atom stereocenters. The molecular weight excluding hydrogens is 345 g/mol. The Bertz CT molecular complexity index is 955. The smallest absolute Gasteiger partial charge is 0.247 e. The predicted octanol–water partition coefficient (Wildman–Crippen LogP) is 3.07. The van der Waals surface area contributed by atoms with Crippen molar-refractivity contribution in [1.82, 2.24) is 15.3 Å². The first-order chi connectivity index (χ1) is 13.2. The molecule has 0 spiro atoms. The van der Waals surface area contributed by atoms with Crippen LogP contribution in [-0.2, 0) is 24.2 Å². The van der Waals surface area contributed by atoms with Crippen LogP contribution in [0.1, 0.15) is 28.3 Å². The van der Waals surface area contributed by atoms with E-state index >= 15 is 0 Å². The number of halogens is 1. The largest absolute Gasteiger partial charge is 0.289 e. The summed E-state index contributed by atoms with van der Waals surface area (Å²) in [5.41, 5.74) is 5.35. The van der Waals surface area contributed by atoms with Gasteiger partial charge < -0.3 is 0 Å². The van der Waals surface area contributed by atoms with Gasteiger partial charge in [0.25, 0.3) is 0 Å². The molecule has 2 N–H and O–H groups in total. The zero-order valence-electron chi connectivity index (χ0n) is 14.7. The van der Waals surface area contributed by atoms with Gasteiger partial charge in [-0.1, -0.05) is 48.5 Å². The minimum atomic E-state index is -0.454. The van der Waals surface area contributed by atoms with Crippen molar-refractivity contribution in [1.29, 1.82) is 0 Å². The van der Waals surface area contributed by atoms with E-state index in [1.54, 1.807) is 29.9 Å². The van der Waals surface area contributed by atoms with Crippen LogP contribution in [0.4, 0.5) is 4.39 Å². The van der Waals surface area contributed by atoms with E-state index in [0.29, 0.717) is 24.9 Å². The van der Waals surface area contributed by atoms with E-state index in [0.717, 1.165) is 16.8 Å². The van der Waals surface area contributed by atoms with Gasteiger partial charge in [-0.3, -0.25) is 14.7 Å². The summed E-state index contributed by atoms with van der Waals surface area (Å²) >= 11 is 0. The number of rotatable bonds is 5. The van der Waals surface area contributed by atoms with Crippen molar-refractivity contribution in [2.75, 3.05) is 0 Å². The van der Waals surface area contributed by atoms with Crippen molar-refractivity contribution in [3.8, 4) is 0 Å². The van der Waals surface area contributed by atoms with Crippen molar-refractivity contribution >= 4 is 5.91 Å². The van der Waals surface area contributed by atoms with Crippen LogP contribution in [0.3, 0.4) is 0 Å². The van der Waals surface area contributed by atoms with Gasteiger partial charge in [0, 0.05) is 18.0 Å². The maximum Gasteiger partial charge on any atom is 0.247 e. The lowest BCUT2D eigenvalue weighted by Crippen LogP contribution is -2.31. The third-order valence-corrected chi connectivity index (χ3v) is 5.30. The van der Waals surface area contributed by atoms with E-state index < -0.39 is 11.8 Å². The highest BCUT2D eigenvalue weighted by Gasteiger charge is 2.40. The Morgan fingerprint density at radius 1 is 1.19 bits per heavy atom. The van der Waals surface area contributed by atoms with Gasteiger partial charge in [-0.2, -0.15) is 5.10 Å². The van der Waals surface area contributed by atoms with Gasteiger partial charge in [0.1, 0.15) is 5.82 Å². The first-order valence-corrected chi connectivity index (χ1v) is 8.93. The number of hydrogen-bond acceptors (Lipinski definition) is 3. The molecule has 0 radical (unpaired) electrons. The van der Waals surface area contributed by atoms with Crippen LogP contribution >= 0.6 is 0 Å². The SMILES string of the molecule is O=C(NO)[C@@H]1Cc2c(cnn2Cc2ccccc2)C1Cc1ccccc1F. The van der Waals surface area contributed by atoms with Crippen LogP contribution in [0.2, 0.25) is 0 Å². The monoisotopic (exact) mass is 365 g/mol. The highest BCUT2D eigenvalue weighted by atomic mass is 19.1. The van der Waals surface area contributed by atoms with Crippen LogP contribution in [0.5, 0.6) is 0 Å². The standard InChI is InChI=1S/C21H20FN3O2/c22-19-9-5-4-8-15(19)10-16-17(21(26)24-27)11-20-18(16)12-23-25(20)13-14-6-2-1-3-7-14/h1-9,12,16-17,27H,10-11,13H2,(H,24,26)/t16?,17-/m1/s1. The van der Waals surface area contributed by atoms with Gasteiger partial charge in [0.2, 0.25) is 5.91 Å². The van der Waals surface area contributed by atoms with Gasteiger partial charge in [0.05, 0.1) is 18.7 Å². The summed E-state index contributed by atoms with van der Waals surface area (Å²) in [7, 11) is 0. The third-order valence-electron chi connectivity index (χ3n) is 5.30. The molecule has 3 aromatic rings. The Morgan fingerprint density at radius 2 is 1.93 bits per heavy atom. The topological polar surface area (TPSA) is 67.2 Å². The molecule has 138 valence electrons. The fourth-order valence-electron chi connectivity index (χ4n) is 3.93. The molecule has 6 heteroatoms. The van der Waals surface area contributed by atoms with Crippen molar-refractivity contribution in [2.24, 2.45) is 5.92 Å². The number of hydroxylamine groups is 1. The summed E-state index contributed by atoms with van der Waals surface area (Å²) in [6.45, 7) is 0.607. The van der Waals surface area contributed by atoms with Crippen LogP contribution in [0, 0.1) is 11.7 Å². The van der Waals surface area contributed by atoms with Crippen LogP contribution < -0.4 is 5.48 Å². The molecule has 0 fully saturated rings. The van der Waals surface area contributed by atoms with Crippen LogP contribution in [-0.4, -0.2) is 20.9 Å². The lowest BCUT2D eigenvalue weighted by Gasteiger charge is -2.18. The average Bonchev–Trinajstić information content (AvgIpc) is 3.24. The van der Waals surface area contributed by atoms with Gasteiger partial charge >= 0.3 is 0 Å². The predicted molar refractivity (Wildman–Crippen MR) is 97.7 cm³/mol. The first kappa shape index (κ1) is 17.4. The Morgan fingerprint density at radius 3 is 2.67 bits per heavy atom. The second-order valence-corrected chi connectivity index (χ2v) is 6.88. The molecule has 1 aliphatic rings. The summed E-state index contributed by atoms with van der Waals surface area (Å²) in [6.07, 6.45) is 2.62. The Kier molecular flexibility index (Phi) is 4.73. The zero-order valence-corrected chi connectivity index (χ0v) is 14.7. The van der Waals surface area contributed by atoms with Gasteiger partial charge in [-0.15, -0.1) is 0 Å². The normalized spacial score (nSPS) is 18.3. The van der Waals surface area contributed by atoms with Crippen molar-refractivity contribution in [3.63, 3.8) is 0 Å². The molecule has 1 aliphatic carbocycles. The number of nitrogens with one attached hydrogen (secondary N) is 1. The second kappa shape index (κ2) is 7.32. The Labute approximate surface area is 156 Å². The maximum atomic E-state index is 14.2. The van der Waals surface area contributed by atoms with E-state index in [4.69, 9.17) is 5.21 Å². The molecular formula is C21H20FN3O2. The molecule has 4 rings (SSSR count).